The van der Waals surface area contributed by atoms with Crippen molar-refractivity contribution in [3.63, 3.8) is 0 Å². The van der Waals surface area contributed by atoms with Gasteiger partial charge in [0, 0.05) is 36.6 Å². The lowest BCUT2D eigenvalue weighted by molar-refractivity contribution is 0.0952. The topological polar surface area (TPSA) is 97.3 Å². The van der Waals surface area contributed by atoms with Gasteiger partial charge < -0.3 is 9.88 Å². The van der Waals surface area contributed by atoms with Crippen LogP contribution in [0.25, 0.3) is 0 Å². The van der Waals surface area contributed by atoms with Crippen LogP contribution >= 0.6 is 0 Å². The molecule has 2 aromatic rings. The Labute approximate surface area is 146 Å². The van der Waals surface area contributed by atoms with Gasteiger partial charge in [-0.05, 0) is 43.7 Å². The van der Waals surface area contributed by atoms with Crippen LogP contribution in [0.3, 0.4) is 0 Å². The largest absolute Gasteiger partial charge is 0.352 e. The number of hydrogen-bond donors (Lipinski definition) is 2. The van der Waals surface area contributed by atoms with Gasteiger partial charge in [0.1, 0.15) is 0 Å². The minimum absolute atomic E-state index is 0.0141. The molecule has 2 rings (SSSR count). The molecule has 0 fully saturated rings. The predicted molar refractivity (Wildman–Crippen MR) is 97.2 cm³/mol. The van der Waals surface area contributed by atoms with E-state index in [9.17, 15) is 18.0 Å². The summed E-state index contributed by atoms with van der Waals surface area (Å²) in [6.45, 7) is 2.51. The molecule has 1 aromatic carbocycles. The molecule has 0 spiro atoms. The first-order chi connectivity index (χ1) is 11.9. The highest BCUT2D eigenvalue weighted by molar-refractivity contribution is 7.92. The van der Waals surface area contributed by atoms with Gasteiger partial charge in [0.25, 0.3) is 5.91 Å². The van der Waals surface area contributed by atoms with Crippen molar-refractivity contribution >= 4 is 21.6 Å². The number of carbonyl (C=O) groups is 1. The molecule has 0 unspecified atom stereocenters. The molecule has 8 heteroatoms. The molecular weight excluding hydrogens is 342 g/mol. The SMILES string of the molecule is CCS(=O)(=O)Nc1ccc(C(=O)NCCCn2ccccc2=O)cc1. The molecule has 1 aromatic heterocycles. The third-order valence-corrected chi connectivity index (χ3v) is 4.87. The fourth-order valence-corrected chi connectivity index (χ4v) is 2.78. The van der Waals surface area contributed by atoms with E-state index in [0.717, 1.165) is 0 Å². The van der Waals surface area contributed by atoms with Gasteiger partial charge in [-0.25, -0.2) is 8.42 Å². The summed E-state index contributed by atoms with van der Waals surface area (Å²) in [6, 6.07) is 11.2. The Kier molecular flexibility index (Phi) is 6.35. The fourth-order valence-electron chi connectivity index (χ4n) is 2.14. The second kappa shape index (κ2) is 8.48. The average molecular weight is 363 g/mol. The quantitative estimate of drug-likeness (QED) is 0.693. The second-order valence-electron chi connectivity index (χ2n) is 5.42. The van der Waals surface area contributed by atoms with Crippen molar-refractivity contribution in [1.82, 2.24) is 9.88 Å². The van der Waals surface area contributed by atoms with Gasteiger partial charge in [-0.15, -0.1) is 0 Å². The molecule has 0 radical (unpaired) electrons. The monoisotopic (exact) mass is 363 g/mol. The molecule has 25 heavy (non-hydrogen) atoms. The Morgan fingerprint density at radius 2 is 1.84 bits per heavy atom. The zero-order chi connectivity index (χ0) is 18.3. The highest BCUT2D eigenvalue weighted by atomic mass is 32.2. The van der Waals surface area contributed by atoms with Crippen LogP contribution in [0.4, 0.5) is 5.69 Å². The summed E-state index contributed by atoms with van der Waals surface area (Å²) in [7, 11) is -3.33. The first-order valence-corrected chi connectivity index (χ1v) is 9.61. The van der Waals surface area contributed by atoms with Gasteiger partial charge in [0.2, 0.25) is 15.6 Å². The number of sulfonamides is 1. The van der Waals surface area contributed by atoms with Crippen LogP contribution in [0, 0.1) is 0 Å². The molecule has 0 saturated heterocycles. The number of aromatic nitrogens is 1. The highest BCUT2D eigenvalue weighted by Gasteiger charge is 2.08. The lowest BCUT2D eigenvalue weighted by Gasteiger charge is -2.08. The zero-order valence-electron chi connectivity index (χ0n) is 13.9. The van der Waals surface area contributed by atoms with Gasteiger partial charge >= 0.3 is 0 Å². The molecule has 2 N–H and O–H groups in total. The number of rotatable bonds is 8. The van der Waals surface area contributed by atoms with Crippen LogP contribution in [0.1, 0.15) is 23.7 Å². The number of nitrogens with zero attached hydrogens (tertiary/aromatic N) is 1. The summed E-state index contributed by atoms with van der Waals surface area (Å²) in [5, 5.41) is 2.77. The van der Waals surface area contributed by atoms with E-state index in [1.54, 1.807) is 54.1 Å². The second-order valence-corrected chi connectivity index (χ2v) is 7.44. The summed E-state index contributed by atoms with van der Waals surface area (Å²) in [5.41, 5.74) is 0.789. The van der Waals surface area contributed by atoms with Gasteiger partial charge in [-0.3, -0.25) is 14.3 Å². The minimum atomic E-state index is -3.33. The van der Waals surface area contributed by atoms with Crippen molar-refractivity contribution in [3.8, 4) is 0 Å². The van der Waals surface area contributed by atoms with E-state index in [0.29, 0.717) is 30.8 Å². The number of amides is 1. The number of nitrogens with one attached hydrogen (secondary N) is 2. The lowest BCUT2D eigenvalue weighted by Crippen LogP contribution is -2.26. The van der Waals surface area contributed by atoms with Crippen molar-refractivity contribution in [2.24, 2.45) is 0 Å². The number of aryl methyl sites for hydroxylation is 1. The number of hydrogen-bond acceptors (Lipinski definition) is 4. The molecule has 0 saturated carbocycles. The molecule has 1 heterocycles. The molecule has 0 bridgehead atoms. The van der Waals surface area contributed by atoms with Crippen molar-refractivity contribution in [2.45, 2.75) is 19.9 Å². The summed E-state index contributed by atoms with van der Waals surface area (Å²) in [5.74, 6) is -0.259. The summed E-state index contributed by atoms with van der Waals surface area (Å²) in [6.07, 6.45) is 2.34. The van der Waals surface area contributed by atoms with E-state index in [-0.39, 0.29) is 17.2 Å². The van der Waals surface area contributed by atoms with E-state index in [2.05, 4.69) is 10.0 Å². The summed E-state index contributed by atoms with van der Waals surface area (Å²) < 4.78 is 27.0. The Balaban J connectivity index is 1.83. The van der Waals surface area contributed by atoms with Crippen LogP contribution in [-0.2, 0) is 16.6 Å². The maximum Gasteiger partial charge on any atom is 0.251 e. The predicted octanol–water partition coefficient (Wildman–Crippen LogP) is 1.43. The van der Waals surface area contributed by atoms with Crippen molar-refractivity contribution in [3.05, 3.63) is 64.6 Å². The first-order valence-electron chi connectivity index (χ1n) is 7.95. The van der Waals surface area contributed by atoms with E-state index in [1.807, 2.05) is 0 Å². The van der Waals surface area contributed by atoms with Crippen molar-refractivity contribution in [1.29, 1.82) is 0 Å². The van der Waals surface area contributed by atoms with Gasteiger partial charge in [0.15, 0.2) is 0 Å². The van der Waals surface area contributed by atoms with Crippen LogP contribution in [0.2, 0.25) is 0 Å². The maximum absolute atomic E-state index is 12.1. The van der Waals surface area contributed by atoms with Gasteiger partial charge in [-0.1, -0.05) is 6.07 Å². The third kappa shape index (κ3) is 5.75. The molecule has 0 aliphatic heterocycles. The number of pyridine rings is 1. The van der Waals surface area contributed by atoms with E-state index in [1.165, 1.54) is 6.07 Å². The molecule has 134 valence electrons. The Bertz CT molecular complexity index is 873. The standard InChI is InChI=1S/C17H21N3O4S/c1-2-25(23,24)19-15-9-7-14(8-10-15)17(22)18-11-5-13-20-12-4-3-6-16(20)21/h3-4,6-10,12,19H,2,5,11,13H2,1H3,(H,18,22). The molecule has 1 amide bonds. The van der Waals surface area contributed by atoms with Crippen LogP contribution in [-0.4, -0.2) is 31.2 Å². The minimum Gasteiger partial charge on any atom is -0.352 e. The van der Waals surface area contributed by atoms with Crippen molar-refractivity contribution < 1.29 is 13.2 Å². The molecule has 0 aliphatic carbocycles. The normalized spacial score (nSPS) is 11.1. The van der Waals surface area contributed by atoms with Gasteiger partial charge in [0.05, 0.1) is 5.75 Å². The highest BCUT2D eigenvalue weighted by Crippen LogP contribution is 2.11. The molecular formula is C17H21N3O4S. The van der Waals surface area contributed by atoms with Crippen LogP contribution in [0.15, 0.2) is 53.5 Å². The van der Waals surface area contributed by atoms with Crippen molar-refractivity contribution in [2.75, 3.05) is 17.0 Å². The number of carbonyl (C=O) groups excluding carboxylic acids is 1. The Morgan fingerprint density at radius 1 is 1.12 bits per heavy atom. The summed E-state index contributed by atoms with van der Waals surface area (Å²) >= 11 is 0. The maximum atomic E-state index is 12.1. The number of anilines is 1. The fraction of sp³-hybridized carbons (Fsp3) is 0.294. The summed E-state index contributed by atoms with van der Waals surface area (Å²) in [4.78, 5) is 23.6. The van der Waals surface area contributed by atoms with E-state index < -0.39 is 10.0 Å². The smallest absolute Gasteiger partial charge is 0.251 e. The van der Waals surface area contributed by atoms with Gasteiger partial charge in [-0.2, -0.15) is 0 Å². The first kappa shape index (κ1) is 18.7. The van der Waals surface area contributed by atoms with Crippen LogP contribution < -0.4 is 15.6 Å². The molecule has 7 nitrogen and oxygen atoms in total. The lowest BCUT2D eigenvalue weighted by atomic mass is 10.2. The molecule has 0 atom stereocenters. The average Bonchev–Trinajstić information content (AvgIpc) is 2.60. The van der Waals surface area contributed by atoms with E-state index in [4.69, 9.17) is 0 Å². The number of benzene rings is 1. The van der Waals surface area contributed by atoms with Crippen LogP contribution in [0.5, 0.6) is 0 Å². The third-order valence-electron chi connectivity index (χ3n) is 3.56. The Hall–Kier alpha value is -2.61. The zero-order valence-corrected chi connectivity index (χ0v) is 14.8. The van der Waals surface area contributed by atoms with E-state index >= 15 is 0 Å². The molecule has 0 aliphatic rings. The Morgan fingerprint density at radius 3 is 2.48 bits per heavy atom.